The van der Waals surface area contributed by atoms with Crippen LogP contribution in [0, 0.1) is 6.92 Å². The molecule has 4 N–H and O–H groups in total. The molecule has 0 aliphatic rings. The van der Waals surface area contributed by atoms with Crippen LogP contribution >= 0.6 is 11.8 Å². The molecule has 20 heavy (non-hydrogen) atoms. The van der Waals surface area contributed by atoms with Crippen LogP contribution in [0.3, 0.4) is 0 Å². The summed E-state index contributed by atoms with van der Waals surface area (Å²) < 4.78 is 0. The van der Waals surface area contributed by atoms with Gasteiger partial charge < -0.3 is 16.3 Å². The van der Waals surface area contributed by atoms with Gasteiger partial charge >= 0.3 is 0 Å². The van der Waals surface area contributed by atoms with Gasteiger partial charge in [-0.05, 0) is 49.0 Å². The van der Waals surface area contributed by atoms with Gasteiger partial charge in [-0.2, -0.15) is 11.8 Å². The number of oxime groups is 1. The molecule has 0 bridgehead atoms. The van der Waals surface area contributed by atoms with Gasteiger partial charge in [-0.15, -0.1) is 0 Å². The smallest absolute Gasteiger partial charge is 0.170 e. The number of hydrogen-bond donors (Lipinski definition) is 3. The molecule has 0 heterocycles. The van der Waals surface area contributed by atoms with Crippen molar-refractivity contribution in [3.63, 3.8) is 0 Å². The Morgan fingerprint density at radius 1 is 1.50 bits per heavy atom. The van der Waals surface area contributed by atoms with Gasteiger partial charge in [0.1, 0.15) is 0 Å². The molecule has 1 aromatic carbocycles. The minimum atomic E-state index is 0.151. The summed E-state index contributed by atoms with van der Waals surface area (Å²) in [6.07, 6.45) is 1.18. The molecule has 0 saturated heterocycles. The van der Waals surface area contributed by atoms with E-state index in [1.54, 1.807) is 0 Å². The zero-order chi connectivity index (χ0) is 15.0. The van der Waals surface area contributed by atoms with Crippen molar-refractivity contribution in [2.75, 3.05) is 11.5 Å². The lowest BCUT2D eigenvalue weighted by Crippen LogP contribution is -2.26. The van der Waals surface area contributed by atoms with E-state index in [-0.39, 0.29) is 5.84 Å². The lowest BCUT2D eigenvalue weighted by molar-refractivity contribution is 0.318. The lowest BCUT2D eigenvalue weighted by atomic mass is 10.0. The molecule has 1 rings (SSSR count). The largest absolute Gasteiger partial charge is 0.409 e. The predicted molar refractivity (Wildman–Crippen MR) is 87.6 cm³/mol. The fourth-order valence-electron chi connectivity index (χ4n) is 1.90. The van der Waals surface area contributed by atoms with Crippen molar-refractivity contribution in [2.45, 2.75) is 39.8 Å². The summed E-state index contributed by atoms with van der Waals surface area (Å²) in [5.41, 5.74) is 8.73. The predicted octanol–water partition coefficient (Wildman–Crippen LogP) is 2.71. The van der Waals surface area contributed by atoms with Crippen LogP contribution in [-0.4, -0.2) is 28.6 Å². The van der Waals surface area contributed by atoms with Crippen LogP contribution in [0.2, 0.25) is 0 Å². The number of nitrogens with one attached hydrogen (secondary N) is 1. The van der Waals surface area contributed by atoms with Crippen molar-refractivity contribution in [3.8, 4) is 0 Å². The molecule has 0 radical (unpaired) electrons. The molecule has 4 nitrogen and oxygen atoms in total. The molecule has 1 atom stereocenters. The molecule has 0 aliphatic heterocycles. The average Bonchev–Trinajstić information content (AvgIpc) is 2.45. The standard InChI is InChI=1S/C15H25N3OS/c1-4-20-8-7-12(3)17-10-14-6-5-13(9-11(14)2)15(16)18-19/h5-6,9,12,17,19H,4,7-8,10H2,1-3H3,(H2,16,18). The normalized spacial score (nSPS) is 13.4. The monoisotopic (exact) mass is 295 g/mol. The lowest BCUT2D eigenvalue weighted by Gasteiger charge is -2.15. The van der Waals surface area contributed by atoms with E-state index in [9.17, 15) is 0 Å². The summed E-state index contributed by atoms with van der Waals surface area (Å²) in [4.78, 5) is 0. The second-order valence-corrected chi connectivity index (χ2v) is 6.29. The van der Waals surface area contributed by atoms with Crippen LogP contribution in [0.4, 0.5) is 0 Å². The summed E-state index contributed by atoms with van der Waals surface area (Å²) >= 11 is 1.98. The van der Waals surface area contributed by atoms with E-state index in [0.29, 0.717) is 6.04 Å². The molecular formula is C15H25N3OS. The van der Waals surface area contributed by atoms with Gasteiger partial charge in [0.25, 0.3) is 0 Å². The summed E-state index contributed by atoms with van der Waals surface area (Å²) in [6.45, 7) is 7.30. The van der Waals surface area contributed by atoms with Crippen LogP contribution in [0.15, 0.2) is 23.4 Å². The van der Waals surface area contributed by atoms with Gasteiger partial charge in [0.15, 0.2) is 5.84 Å². The van der Waals surface area contributed by atoms with Crippen LogP contribution < -0.4 is 11.1 Å². The molecule has 0 amide bonds. The molecule has 1 aromatic rings. The van der Waals surface area contributed by atoms with E-state index in [0.717, 1.165) is 17.7 Å². The minimum absolute atomic E-state index is 0.151. The molecule has 5 heteroatoms. The van der Waals surface area contributed by atoms with E-state index in [1.165, 1.54) is 23.5 Å². The summed E-state index contributed by atoms with van der Waals surface area (Å²) in [5, 5.41) is 15.2. The molecule has 0 aromatic heterocycles. The van der Waals surface area contributed by atoms with Crippen molar-refractivity contribution in [1.29, 1.82) is 0 Å². The zero-order valence-electron chi connectivity index (χ0n) is 12.5. The fraction of sp³-hybridized carbons (Fsp3) is 0.533. The third-order valence-corrected chi connectivity index (χ3v) is 4.22. The first kappa shape index (κ1) is 16.9. The second kappa shape index (κ2) is 8.87. The first-order valence-corrected chi connectivity index (χ1v) is 8.12. The van der Waals surface area contributed by atoms with E-state index in [4.69, 9.17) is 10.9 Å². The van der Waals surface area contributed by atoms with Gasteiger partial charge in [0, 0.05) is 18.2 Å². The van der Waals surface area contributed by atoms with Crippen molar-refractivity contribution in [2.24, 2.45) is 10.9 Å². The van der Waals surface area contributed by atoms with Crippen LogP contribution in [0.25, 0.3) is 0 Å². The first-order valence-electron chi connectivity index (χ1n) is 6.97. The molecule has 0 aliphatic carbocycles. The summed E-state index contributed by atoms with van der Waals surface area (Å²) in [5.74, 6) is 2.53. The maximum atomic E-state index is 8.68. The SMILES string of the molecule is CCSCCC(C)NCc1ccc(/C(N)=N/O)cc1C. The first-order chi connectivity index (χ1) is 9.58. The number of amidine groups is 1. The Kier molecular flexibility index (Phi) is 7.47. The van der Waals surface area contributed by atoms with Gasteiger partial charge in [0.05, 0.1) is 0 Å². The zero-order valence-corrected chi connectivity index (χ0v) is 13.3. The molecule has 112 valence electrons. The maximum absolute atomic E-state index is 8.68. The van der Waals surface area contributed by atoms with Gasteiger partial charge in [-0.3, -0.25) is 0 Å². The van der Waals surface area contributed by atoms with Gasteiger partial charge in [-0.1, -0.05) is 24.2 Å². The van der Waals surface area contributed by atoms with E-state index in [1.807, 2.05) is 36.9 Å². The average molecular weight is 295 g/mol. The number of nitrogens with two attached hydrogens (primary N) is 1. The van der Waals surface area contributed by atoms with Crippen molar-refractivity contribution in [1.82, 2.24) is 5.32 Å². The molecular weight excluding hydrogens is 270 g/mol. The van der Waals surface area contributed by atoms with Crippen molar-refractivity contribution >= 4 is 17.6 Å². The van der Waals surface area contributed by atoms with Crippen LogP contribution in [0.5, 0.6) is 0 Å². The van der Waals surface area contributed by atoms with Gasteiger partial charge in [0.2, 0.25) is 0 Å². The van der Waals surface area contributed by atoms with E-state index < -0.39 is 0 Å². The number of benzene rings is 1. The number of rotatable bonds is 8. The third kappa shape index (κ3) is 5.43. The Hall–Kier alpha value is -1.20. The van der Waals surface area contributed by atoms with Crippen molar-refractivity contribution in [3.05, 3.63) is 34.9 Å². The Balaban J connectivity index is 2.52. The Bertz CT molecular complexity index is 449. The fourth-order valence-corrected chi connectivity index (χ4v) is 2.71. The van der Waals surface area contributed by atoms with E-state index in [2.05, 4.69) is 24.3 Å². The van der Waals surface area contributed by atoms with Gasteiger partial charge in [-0.25, -0.2) is 0 Å². The Morgan fingerprint density at radius 3 is 2.85 bits per heavy atom. The maximum Gasteiger partial charge on any atom is 0.170 e. The quantitative estimate of drug-likeness (QED) is 0.227. The highest BCUT2D eigenvalue weighted by Crippen LogP contribution is 2.12. The molecule has 0 spiro atoms. The second-order valence-electron chi connectivity index (χ2n) is 4.89. The third-order valence-electron chi connectivity index (χ3n) is 3.29. The summed E-state index contributed by atoms with van der Waals surface area (Å²) in [6, 6.07) is 6.38. The number of nitrogens with zero attached hydrogens (tertiary/aromatic N) is 1. The topological polar surface area (TPSA) is 70.6 Å². The Morgan fingerprint density at radius 2 is 2.25 bits per heavy atom. The number of aryl methyl sites for hydroxylation is 1. The Labute approximate surface area is 125 Å². The molecule has 0 fully saturated rings. The van der Waals surface area contributed by atoms with Crippen molar-refractivity contribution < 1.29 is 5.21 Å². The summed E-state index contributed by atoms with van der Waals surface area (Å²) in [7, 11) is 0. The minimum Gasteiger partial charge on any atom is -0.409 e. The van der Waals surface area contributed by atoms with E-state index >= 15 is 0 Å². The highest BCUT2D eigenvalue weighted by atomic mass is 32.2. The highest BCUT2D eigenvalue weighted by molar-refractivity contribution is 7.99. The number of hydrogen-bond acceptors (Lipinski definition) is 4. The highest BCUT2D eigenvalue weighted by Gasteiger charge is 2.06. The molecule has 0 saturated carbocycles. The van der Waals surface area contributed by atoms with Crippen LogP contribution in [-0.2, 0) is 6.54 Å². The van der Waals surface area contributed by atoms with Crippen LogP contribution in [0.1, 0.15) is 37.0 Å². The molecule has 1 unspecified atom stereocenters. The number of thioether (sulfide) groups is 1.